The summed E-state index contributed by atoms with van der Waals surface area (Å²) in [4.78, 5) is 13.6. The first-order chi connectivity index (χ1) is 6.86. The molecule has 0 bridgehead atoms. The van der Waals surface area contributed by atoms with Crippen molar-refractivity contribution in [2.45, 2.75) is 6.42 Å². The second-order valence-corrected chi connectivity index (χ2v) is 4.08. The third kappa shape index (κ3) is 2.33. The van der Waals surface area contributed by atoms with Crippen LogP contribution < -0.4 is 0 Å². The molecule has 0 radical (unpaired) electrons. The summed E-state index contributed by atoms with van der Waals surface area (Å²) in [5, 5.41) is 4.03. The molecule has 1 amide bonds. The van der Waals surface area contributed by atoms with Crippen LogP contribution >= 0.6 is 11.3 Å². The van der Waals surface area contributed by atoms with Gasteiger partial charge in [0.2, 0.25) is 5.91 Å². The molecule has 0 spiro atoms. The zero-order valence-corrected chi connectivity index (χ0v) is 8.76. The maximum Gasteiger partial charge on any atom is 0.227 e. The monoisotopic (exact) mass is 211 g/mol. The Hall–Kier alpha value is -0.870. The van der Waals surface area contributed by atoms with Crippen LogP contribution in [0.2, 0.25) is 0 Å². The van der Waals surface area contributed by atoms with Crippen LogP contribution in [0.3, 0.4) is 0 Å². The lowest BCUT2D eigenvalue weighted by Gasteiger charge is -2.26. The van der Waals surface area contributed by atoms with Gasteiger partial charge in [0.05, 0.1) is 19.6 Å². The normalized spacial score (nSPS) is 17.0. The Kier molecular flexibility index (Phi) is 3.16. The molecule has 0 aliphatic carbocycles. The van der Waals surface area contributed by atoms with Gasteiger partial charge in [0.25, 0.3) is 0 Å². The van der Waals surface area contributed by atoms with E-state index in [1.165, 1.54) is 0 Å². The molecule has 76 valence electrons. The highest BCUT2D eigenvalue weighted by molar-refractivity contribution is 7.07. The van der Waals surface area contributed by atoms with E-state index in [9.17, 15) is 4.79 Å². The molecule has 1 aliphatic heterocycles. The van der Waals surface area contributed by atoms with E-state index in [-0.39, 0.29) is 5.91 Å². The number of carbonyl (C=O) groups is 1. The van der Waals surface area contributed by atoms with Crippen molar-refractivity contribution >= 4 is 17.2 Å². The zero-order chi connectivity index (χ0) is 9.80. The molecule has 2 rings (SSSR count). The Labute approximate surface area is 87.3 Å². The third-order valence-corrected chi connectivity index (χ3v) is 3.03. The fourth-order valence-electron chi connectivity index (χ4n) is 1.49. The fourth-order valence-corrected chi connectivity index (χ4v) is 2.16. The van der Waals surface area contributed by atoms with Crippen molar-refractivity contribution in [3.63, 3.8) is 0 Å². The van der Waals surface area contributed by atoms with Gasteiger partial charge < -0.3 is 9.64 Å². The fraction of sp³-hybridized carbons (Fsp3) is 0.500. The van der Waals surface area contributed by atoms with Crippen LogP contribution in [-0.2, 0) is 16.0 Å². The van der Waals surface area contributed by atoms with Crippen LogP contribution in [0.15, 0.2) is 16.8 Å². The molecular weight excluding hydrogens is 198 g/mol. The Morgan fingerprint density at radius 3 is 2.93 bits per heavy atom. The molecule has 1 fully saturated rings. The molecule has 1 aromatic heterocycles. The minimum atomic E-state index is 0.215. The first-order valence-corrected chi connectivity index (χ1v) is 5.67. The summed E-state index contributed by atoms with van der Waals surface area (Å²) in [6.45, 7) is 2.83. The highest BCUT2D eigenvalue weighted by Gasteiger charge is 2.16. The second kappa shape index (κ2) is 4.57. The number of carbonyl (C=O) groups excluding carboxylic acids is 1. The van der Waals surface area contributed by atoms with E-state index in [0.29, 0.717) is 19.6 Å². The first kappa shape index (κ1) is 9.68. The predicted molar refractivity (Wildman–Crippen MR) is 55.4 cm³/mol. The van der Waals surface area contributed by atoms with Gasteiger partial charge in [-0.1, -0.05) is 0 Å². The van der Waals surface area contributed by atoms with Crippen molar-refractivity contribution < 1.29 is 9.53 Å². The SMILES string of the molecule is O=C(Cc1ccsc1)N1CCOCC1. The van der Waals surface area contributed by atoms with Crippen molar-refractivity contribution in [2.24, 2.45) is 0 Å². The van der Waals surface area contributed by atoms with Gasteiger partial charge in [-0.3, -0.25) is 4.79 Å². The van der Waals surface area contributed by atoms with Gasteiger partial charge in [-0.15, -0.1) is 0 Å². The summed E-state index contributed by atoms with van der Waals surface area (Å²) in [5.74, 6) is 0.215. The quantitative estimate of drug-likeness (QED) is 0.734. The smallest absolute Gasteiger partial charge is 0.227 e. The van der Waals surface area contributed by atoms with Crippen molar-refractivity contribution in [3.8, 4) is 0 Å². The lowest BCUT2D eigenvalue weighted by molar-refractivity contribution is -0.134. The molecule has 1 aliphatic rings. The van der Waals surface area contributed by atoms with Gasteiger partial charge in [-0.05, 0) is 22.4 Å². The van der Waals surface area contributed by atoms with E-state index >= 15 is 0 Å². The summed E-state index contributed by atoms with van der Waals surface area (Å²) in [6.07, 6.45) is 0.531. The van der Waals surface area contributed by atoms with Crippen LogP contribution in [-0.4, -0.2) is 37.1 Å². The lowest BCUT2D eigenvalue weighted by Crippen LogP contribution is -2.41. The van der Waals surface area contributed by atoms with Crippen LogP contribution in [0.1, 0.15) is 5.56 Å². The molecule has 0 atom stereocenters. The van der Waals surface area contributed by atoms with Crippen molar-refractivity contribution in [3.05, 3.63) is 22.4 Å². The Morgan fingerprint density at radius 2 is 2.29 bits per heavy atom. The molecule has 0 N–H and O–H groups in total. The highest BCUT2D eigenvalue weighted by Crippen LogP contribution is 2.09. The molecule has 3 nitrogen and oxygen atoms in total. The van der Waals surface area contributed by atoms with Crippen molar-refractivity contribution in [1.29, 1.82) is 0 Å². The number of hydrogen-bond donors (Lipinski definition) is 0. The Balaban J connectivity index is 1.88. The molecule has 1 aromatic rings. The average molecular weight is 211 g/mol. The summed E-state index contributed by atoms with van der Waals surface area (Å²) in [5.41, 5.74) is 1.12. The van der Waals surface area contributed by atoms with Gasteiger partial charge >= 0.3 is 0 Å². The number of nitrogens with zero attached hydrogens (tertiary/aromatic N) is 1. The molecule has 0 unspecified atom stereocenters. The van der Waals surface area contributed by atoms with Crippen molar-refractivity contribution in [1.82, 2.24) is 4.90 Å². The largest absolute Gasteiger partial charge is 0.378 e. The van der Waals surface area contributed by atoms with Crippen LogP contribution in [0.5, 0.6) is 0 Å². The van der Waals surface area contributed by atoms with E-state index < -0.39 is 0 Å². The Bertz CT molecular complexity index is 291. The molecule has 0 saturated carbocycles. The Morgan fingerprint density at radius 1 is 1.50 bits per heavy atom. The number of amides is 1. The zero-order valence-electron chi connectivity index (χ0n) is 7.94. The highest BCUT2D eigenvalue weighted by atomic mass is 32.1. The van der Waals surface area contributed by atoms with Crippen LogP contribution in [0.25, 0.3) is 0 Å². The number of hydrogen-bond acceptors (Lipinski definition) is 3. The maximum absolute atomic E-state index is 11.7. The first-order valence-electron chi connectivity index (χ1n) is 4.73. The molecular formula is C10H13NO2S. The van der Waals surface area contributed by atoms with E-state index in [1.807, 2.05) is 21.7 Å². The molecule has 1 saturated heterocycles. The van der Waals surface area contributed by atoms with Gasteiger partial charge in [0.15, 0.2) is 0 Å². The lowest BCUT2D eigenvalue weighted by atomic mass is 10.2. The van der Waals surface area contributed by atoms with Gasteiger partial charge in [-0.2, -0.15) is 11.3 Å². The molecule has 2 heterocycles. The summed E-state index contributed by atoms with van der Waals surface area (Å²) < 4.78 is 5.19. The minimum Gasteiger partial charge on any atom is -0.378 e. The summed E-state index contributed by atoms with van der Waals surface area (Å²) in [6, 6.07) is 2.00. The van der Waals surface area contributed by atoms with E-state index in [0.717, 1.165) is 18.7 Å². The van der Waals surface area contributed by atoms with Gasteiger partial charge in [0.1, 0.15) is 0 Å². The third-order valence-electron chi connectivity index (χ3n) is 2.30. The number of ether oxygens (including phenoxy) is 1. The van der Waals surface area contributed by atoms with Crippen LogP contribution in [0.4, 0.5) is 0 Å². The second-order valence-electron chi connectivity index (χ2n) is 3.30. The van der Waals surface area contributed by atoms with Crippen molar-refractivity contribution in [2.75, 3.05) is 26.3 Å². The standard InChI is InChI=1S/C10H13NO2S/c12-10(7-9-1-6-14-8-9)11-2-4-13-5-3-11/h1,6,8H,2-5,7H2. The maximum atomic E-state index is 11.7. The average Bonchev–Trinajstić information content (AvgIpc) is 2.72. The molecule has 0 aromatic carbocycles. The van der Waals surface area contributed by atoms with Gasteiger partial charge in [0, 0.05) is 13.1 Å². The van der Waals surface area contributed by atoms with Crippen LogP contribution in [0, 0.1) is 0 Å². The summed E-state index contributed by atoms with van der Waals surface area (Å²) in [7, 11) is 0. The van der Waals surface area contributed by atoms with E-state index in [2.05, 4.69) is 0 Å². The molecule has 4 heteroatoms. The van der Waals surface area contributed by atoms with Gasteiger partial charge in [-0.25, -0.2) is 0 Å². The number of thiophene rings is 1. The number of morpholine rings is 1. The topological polar surface area (TPSA) is 29.5 Å². The number of rotatable bonds is 2. The predicted octanol–water partition coefficient (Wildman–Crippen LogP) is 1.15. The van der Waals surface area contributed by atoms with E-state index in [1.54, 1.807) is 11.3 Å². The molecule has 14 heavy (non-hydrogen) atoms. The van der Waals surface area contributed by atoms with E-state index in [4.69, 9.17) is 4.74 Å². The summed E-state index contributed by atoms with van der Waals surface area (Å²) >= 11 is 1.63. The minimum absolute atomic E-state index is 0.215.